The second kappa shape index (κ2) is 8.89. The highest BCUT2D eigenvalue weighted by Gasteiger charge is 2.19. The van der Waals surface area contributed by atoms with Gasteiger partial charge in [0, 0.05) is 28.6 Å². The molecule has 0 unspecified atom stereocenters. The molecule has 0 fully saturated rings. The van der Waals surface area contributed by atoms with Gasteiger partial charge >= 0.3 is 5.97 Å². The van der Waals surface area contributed by atoms with Crippen molar-refractivity contribution in [3.63, 3.8) is 0 Å². The number of rotatable bonds is 6. The van der Waals surface area contributed by atoms with Gasteiger partial charge < -0.3 is 9.47 Å². The van der Waals surface area contributed by atoms with Crippen LogP contribution in [0.2, 0.25) is 5.02 Å². The Kier molecular flexibility index (Phi) is 6.28. The van der Waals surface area contributed by atoms with Crippen LogP contribution in [0, 0.1) is 10.1 Å². The number of esters is 1. The Balaban J connectivity index is 1.85. The molecule has 1 N–H and O–H groups in total. The van der Waals surface area contributed by atoms with Crippen molar-refractivity contribution in [2.75, 3.05) is 19.5 Å². The zero-order chi connectivity index (χ0) is 21.8. The van der Waals surface area contributed by atoms with Crippen molar-refractivity contribution in [1.82, 2.24) is 4.98 Å². The number of ether oxygens (including phenoxy) is 2. The summed E-state index contributed by atoms with van der Waals surface area (Å²) in [5.41, 5.74) is 0.712. The number of aromatic nitrogens is 1. The molecule has 1 amide bonds. The van der Waals surface area contributed by atoms with Crippen LogP contribution in [-0.4, -0.2) is 36.0 Å². The first-order valence-corrected chi connectivity index (χ1v) is 9.56. The van der Waals surface area contributed by atoms with E-state index in [1.807, 2.05) is 0 Å². The summed E-state index contributed by atoms with van der Waals surface area (Å²) in [6.07, 6.45) is 0. The van der Waals surface area contributed by atoms with Gasteiger partial charge in [0.2, 0.25) is 0 Å². The molecular formula is C19H14ClN3O6S. The molecule has 0 bridgehead atoms. The average Bonchev–Trinajstić information content (AvgIpc) is 3.21. The molecule has 1 aromatic heterocycles. The first-order valence-electron chi connectivity index (χ1n) is 8.31. The molecule has 0 saturated heterocycles. The molecule has 2 aromatic carbocycles. The lowest BCUT2D eigenvalue weighted by molar-refractivity contribution is -0.384. The van der Waals surface area contributed by atoms with E-state index >= 15 is 0 Å². The first-order chi connectivity index (χ1) is 14.3. The molecule has 0 spiro atoms. The minimum Gasteiger partial charge on any atom is -0.495 e. The van der Waals surface area contributed by atoms with Crippen LogP contribution >= 0.6 is 22.9 Å². The molecule has 30 heavy (non-hydrogen) atoms. The molecule has 11 heteroatoms. The summed E-state index contributed by atoms with van der Waals surface area (Å²) in [4.78, 5) is 39.1. The number of nitrogens with zero attached hydrogens (tertiary/aromatic N) is 2. The number of hydrogen-bond acceptors (Lipinski definition) is 8. The molecule has 9 nitrogen and oxygen atoms in total. The monoisotopic (exact) mass is 447 g/mol. The van der Waals surface area contributed by atoms with Crippen LogP contribution in [0.25, 0.3) is 11.3 Å². The predicted molar refractivity (Wildman–Crippen MR) is 112 cm³/mol. The van der Waals surface area contributed by atoms with Crippen LogP contribution in [0.3, 0.4) is 0 Å². The van der Waals surface area contributed by atoms with Gasteiger partial charge in [0.15, 0.2) is 5.13 Å². The SMILES string of the molecule is COC(=O)c1cc(C(=O)Nc2nc(-c3ccc(OC)c(Cl)c3)cs2)cc([N+](=O)[O-])c1. The van der Waals surface area contributed by atoms with Crippen molar-refractivity contribution >= 4 is 45.6 Å². The molecule has 0 atom stereocenters. The number of nitro benzene ring substituents is 1. The van der Waals surface area contributed by atoms with Gasteiger partial charge in [0.25, 0.3) is 11.6 Å². The minimum absolute atomic E-state index is 0.0751. The van der Waals surface area contributed by atoms with Crippen LogP contribution in [0.1, 0.15) is 20.7 Å². The third-order valence-corrected chi connectivity index (χ3v) is 5.04. The number of halogens is 1. The smallest absolute Gasteiger partial charge is 0.338 e. The van der Waals surface area contributed by atoms with Gasteiger partial charge in [-0.2, -0.15) is 0 Å². The first kappa shape index (κ1) is 21.2. The summed E-state index contributed by atoms with van der Waals surface area (Å²) >= 11 is 7.30. The van der Waals surface area contributed by atoms with Gasteiger partial charge in [0.05, 0.1) is 35.4 Å². The number of thiazole rings is 1. The van der Waals surface area contributed by atoms with E-state index in [2.05, 4.69) is 15.0 Å². The van der Waals surface area contributed by atoms with Gasteiger partial charge in [-0.25, -0.2) is 9.78 Å². The molecule has 0 radical (unpaired) electrons. The minimum atomic E-state index is -0.791. The van der Waals surface area contributed by atoms with Crippen molar-refractivity contribution < 1.29 is 24.0 Å². The zero-order valence-electron chi connectivity index (χ0n) is 15.7. The third kappa shape index (κ3) is 4.56. The van der Waals surface area contributed by atoms with Crippen LogP contribution < -0.4 is 10.1 Å². The van der Waals surface area contributed by atoms with E-state index < -0.39 is 22.5 Å². The van der Waals surface area contributed by atoms with Crippen molar-refractivity contribution in [2.45, 2.75) is 0 Å². The second-order valence-corrected chi connectivity index (χ2v) is 7.12. The summed E-state index contributed by atoms with van der Waals surface area (Å²) in [5, 5.41) is 16.1. The van der Waals surface area contributed by atoms with E-state index in [1.54, 1.807) is 23.6 Å². The van der Waals surface area contributed by atoms with Crippen molar-refractivity contribution in [1.29, 1.82) is 0 Å². The fourth-order valence-electron chi connectivity index (χ4n) is 2.54. The summed E-state index contributed by atoms with van der Waals surface area (Å²) in [6.45, 7) is 0. The number of non-ortho nitro benzene ring substituents is 1. The van der Waals surface area contributed by atoms with Gasteiger partial charge in [0.1, 0.15) is 5.75 Å². The van der Waals surface area contributed by atoms with Gasteiger partial charge in [-0.15, -0.1) is 11.3 Å². The standard InChI is InChI=1S/C19H14ClN3O6S/c1-28-16-4-3-10(8-14(16)20)15-9-30-19(21-15)22-17(24)11-5-12(18(25)29-2)7-13(6-11)23(26)27/h3-9H,1-2H3,(H,21,22,24). The van der Waals surface area contributed by atoms with Crippen LogP contribution in [0.15, 0.2) is 41.8 Å². The maximum absolute atomic E-state index is 12.6. The molecule has 0 aliphatic heterocycles. The number of benzene rings is 2. The number of carbonyl (C=O) groups is 2. The Morgan fingerprint density at radius 3 is 2.53 bits per heavy atom. The molecule has 0 aliphatic rings. The van der Waals surface area contributed by atoms with E-state index in [1.165, 1.54) is 24.5 Å². The predicted octanol–water partition coefficient (Wildman–Crippen LogP) is 4.42. The number of carbonyl (C=O) groups excluding carboxylic acids is 2. The molecule has 154 valence electrons. The van der Waals surface area contributed by atoms with Crippen LogP contribution in [0.4, 0.5) is 10.8 Å². The zero-order valence-corrected chi connectivity index (χ0v) is 17.2. The number of nitro groups is 1. The fourth-order valence-corrected chi connectivity index (χ4v) is 3.51. The largest absolute Gasteiger partial charge is 0.495 e. The Morgan fingerprint density at radius 1 is 1.17 bits per heavy atom. The van der Waals surface area contributed by atoms with Gasteiger partial charge in [-0.3, -0.25) is 20.2 Å². The number of amides is 1. The van der Waals surface area contributed by atoms with Crippen molar-refractivity contribution in [3.05, 3.63) is 68.0 Å². The fraction of sp³-hybridized carbons (Fsp3) is 0.105. The highest BCUT2D eigenvalue weighted by atomic mass is 35.5. The third-order valence-electron chi connectivity index (χ3n) is 3.98. The van der Waals surface area contributed by atoms with E-state index in [0.29, 0.717) is 16.5 Å². The number of anilines is 1. The average molecular weight is 448 g/mol. The van der Waals surface area contributed by atoms with E-state index in [0.717, 1.165) is 24.8 Å². The van der Waals surface area contributed by atoms with E-state index in [-0.39, 0.29) is 16.3 Å². The number of methoxy groups -OCH3 is 2. The molecule has 3 rings (SSSR count). The topological polar surface area (TPSA) is 121 Å². The maximum Gasteiger partial charge on any atom is 0.338 e. The van der Waals surface area contributed by atoms with Crippen LogP contribution in [-0.2, 0) is 4.74 Å². The normalized spacial score (nSPS) is 10.4. The highest BCUT2D eigenvalue weighted by molar-refractivity contribution is 7.14. The Bertz CT molecular complexity index is 1150. The van der Waals surface area contributed by atoms with Crippen molar-refractivity contribution in [2.24, 2.45) is 0 Å². The number of nitrogens with one attached hydrogen (secondary N) is 1. The van der Waals surface area contributed by atoms with Gasteiger partial charge in [-0.1, -0.05) is 11.6 Å². The highest BCUT2D eigenvalue weighted by Crippen LogP contribution is 2.32. The second-order valence-electron chi connectivity index (χ2n) is 5.86. The maximum atomic E-state index is 12.6. The van der Waals surface area contributed by atoms with E-state index in [9.17, 15) is 19.7 Å². The Hall–Kier alpha value is -3.50. The Labute approximate surface area is 179 Å². The molecule has 1 heterocycles. The van der Waals surface area contributed by atoms with Gasteiger partial charge in [-0.05, 0) is 24.3 Å². The van der Waals surface area contributed by atoms with E-state index in [4.69, 9.17) is 16.3 Å². The molecule has 0 saturated carbocycles. The summed E-state index contributed by atoms with van der Waals surface area (Å²) in [5.74, 6) is -0.922. The number of hydrogen-bond donors (Lipinski definition) is 1. The summed E-state index contributed by atoms with van der Waals surface area (Å²) in [6, 6.07) is 8.48. The lowest BCUT2D eigenvalue weighted by Crippen LogP contribution is -2.13. The summed E-state index contributed by atoms with van der Waals surface area (Å²) in [7, 11) is 2.65. The quantitative estimate of drug-likeness (QED) is 0.337. The molecular weight excluding hydrogens is 434 g/mol. The lowest BCUT2D eigenvalue weighted by Gasteiger charge is -2.05. The Morgan fingerprint density at radius 2 is 1.90 bits per heavy atom. The molecule has 0 aliphatic carbocycles. The summed E-state index contributed by atoms with van der Waals surface area (Å²) < 4.78 is 9.70. The van der Waals surface area contributed by atoms with Crippen molar-refractivity contribution in [3.8, 4) is 17.0 Å². The molecule has 3 aromatic rings. The lowest BCUT2D eigenvalue weighted by atomic mass is 10.1. The van der Waals surface area contributed by atoms with Crippen LogP contribution in [0.5, 0.6) is 5.75 Å².